The fourth-order valence-corrected chi connectivity index (χ4v) is 3.10. The number of hydrogen-bond donors (Lipinski definition) is 0. The highest BCUT2D eigenvalue weighted by atomic mass is 32.2. The molecular weight excluding hydrogens is 281 g/mol. The summed E-state index contributed by atoms with van der Waals surface area (Å²) in [6, 6.07) is 8.19. The Hall–Kier alpha value is -1.76. The summed E-state index contributed by atoms with van der Waals surface area (Å²) in [5, 5.41) is 3.60. The average Bonchev–Trinajstić information content (AvgIpc) is 3.01. The molecule has 0 N–H and O–H groups in total. The van der Waals surface area contributed by atoms with E-state index < -0.39 is 21.0 Å². The molecule has 0 radical (unpaired) electrons. The van der Waals surface area contributed by atoms with Crippen molar-refractivity contribution in [3.63, 3.8) is 0 Å². The van der Waals surface area contributed by atoms with E-state index in [-0.39, 0.29) is 12.0 Å². The van der Waals surface area contributed by atoms with Crippen LogP contribution in [0.2, 0.25) is 0 Å². The molecule has 1 aromatic carbocycles. The van der Waals surface area contributed by atoms with Gasteiger partial charge in [0.25, 0.3) is 5.16 Å². The Kier molecular flexibility index (Phi) is 3.08. The third-order valence-corrected chi connectivity index (χ3v) is 4.57. The summed E-state index contributed by atoms with van der Waals surface area (Å²) >= 11 is 0. The SMILES string of the molecule is C[C@H]1C[C@@H](c2ccccc2)n2nc(S(=O)(=O)CF)nc21. The molecule has 2 heterocycles. The van der Waals surface area contributed by atoms with E-state index in [1.165, 1.54) is 0 Å². The van der Waals surface area contributed by atoms with Crippen molar-refractivity contribution in [2.24, 2.45) is 0 Å². The first-order valence-corrected chi connectivity index (χ1v) is 7.98. The van der Waals surface area contributed by atoms with Crippen molar-refractivity contribution in [3.05, 3.63) is 41.7 Å². The van der Waals surface area contributed by atoms with Crippen molar-refractivity contribution in [1.29, 1.82) is 0 Å². The highest BCUT2D eigenvalue weighted by molar-refractivity contribution is 7.91. The second-order valence-electron chi connectivity index (χ2n) is 4.98. The minimum absolute atomic E-state index is 0.0442. The number of aromatic nitrogens is 3. The van der Waals surface area contributed by atoms with Gasteiger partial charge >= 0.3 is 0 Å². The Bertz CT molecular complexity index is 727. The van der Waals surface area contributed by atoms with Gasteiger partial charge in [-0.15, -0.1) is 5.10 Å². The van der Waals surface area contributed by atoms with Gasteiger partial charge in [0.2, 0.25) is 9.84 Å². The molecule has 1 aliphatic heterocycles. The van der Waals surface area contributed by atoms with Crippen LogP contribution in [0.15, 0.2) is 35.5 Å². The first-order chi connectivity index (χ1) is 9.53. The zero-order valence-corrected chi connectivity index (χ0v) is 11.7. The van der Waals surface area contributed by atoms with Gasteiger partial charge in [-0.25, -0.2) is 22.5 Å². The van der Waals surface area contributed by atoms with Gasteiger partial charge in [-0.2, -0.15) is 0 Å². The quantitative estimate of drug-likeness (QED) is 0.869. The lowest BCUT2D eigenvalue weighted by atomic mass is 10.0. The number of fused-ring (bicyclic) bond motifs is 1. The van der Waals surface area contributed by atoms with Crippen LogP contribution in [0, 0.1) is 0 Å². The summed E-state index contributed by atoms with van der Waals surface area (Å²) in [5.41, 5.74) is 1.05. The van der Waals surface area contributed by atoms with Crippen molar-refractivity contribution in [2.45, 2.75) is 30.5 Å². The molecule has 7 heteroatoms. The van der Waals surface area contributed by atoms with E-state index in [0.717, 1.165) is 12.0 Å². The predicted octanol–water partition coefficient (Wildman–Crippen LogP) is 2.08. The highest BCUT2D eigenvalue weighted by Crippen LogP contribution is 2.38. The second-order valence-corrected chi connectivity index (χ2v) is 6.80. The van der Waals surface area contributed by atoms with Crippen molar-refractivity contribution in [1.82, 2.24) is 14.8 Å². The van der Waals surface area contributed by atoms with E-state index in [4.69, 9.17) is 0 Å². The Labute approximate surface area is 116 Å². The van der Waals surface area contributed by atoms with Gasteiger partial charge in [0.1, 0.15) is 5.82 Å². The maximum Gasteiger partial charge on any atom is 0.269 e. The van der Waals surface area contributed by atoms with Crippen LogP contribution >= 0.6 is 0 Å². The minimum Gasteiger partial charge on any atom is -0.241 e. The topological polar surface area (TPSA) is 64.8 Å². The zero-order chi connectivity index (χ0) is 14.3. The maximum absolute atomic E-state index is 12.6. The van der Waals surface area contributed by atoms with Crippen molar-refractivity contribution < 1.29 is 12.8 Å². The molecule has 0 amide bonds. The van der Waals surface area contributed by atoms with Gasteiger partial charge in [0, 0.05) is 5.92 Å². The highest BCUT2D eigenvalue weighted by Gasteiger charge is 2.35. The average molecular weight is 295 g/mol. The van der Waals surface area contributed by atoms with Crippen LogP contribution < -0.4 is 0 Å². The summed E-state index contributed by atoms with van der Waals surface area (Å²) < 4.78 is 37.3. The van der Waals surface area contributed by atoms with E-state index in [1.807, 2.05) is 37.3 Å². The molecule has 0 fully saturated rings. The van der Waals surface area contributed by atoms with Gasteiger partial charge in [-0.1, -0.05) is 37.3 Å². The molecule has 2 atom stereocenters. The molecule has 0 saturated heterocycles. The molecule has 0 bridgehead atoms. The lowest BCUT2D eigenvalue weighted by molar-refractivity contribution is 0.508. The number of hydrogen-bond acceptors (Lipinski definition) is 4. The fourth-order valence-electron chi connectivity index (χ4n) is 2.55. The first kappa shape index (κ1) is 13.2. The molecule has 0 saturated carbocycles. The smallest absolute Gasteiger partial charge is 0.241 e. The molecule has 5 nitrogen and oxygen atoms in total. The summed E-state index contributed by atoms with van der Waals surface area (Å²) in [5.74, 6) is 0.696. The second kappa shape index (κ2) is 4.66. The molecule has 0 spiro atoms. The zero-order valence-electron chi connectivity index (χ0n) is 10.9. The van der Waals surface area contributed by atoms with Crippen LogP contribution in [-0.4, -0.2) is 29.2 Å². The number of alkyl halides is 1. The summed E-state index contributed by atoms with van der Waals surface area (Å²) in [4.78, 5) is 4.01. The van der Waals surface area contributed by atoms with Gasteiger partial charge in [0.05, 0.1) is 6.04 Å². The molecule has 0 unspecified atom stereocenters. The largest absolute Gasteiger partial charge is 0.269 e. The number of nitrogens with zero attached hydrogens (tertiary/aromatic N) is 3. The summed E-state index contributed by atoms with van der Waals surface area (Å²) in [6.07, 6.45) is 0.815. The van der Waals surface area contributed by atoms with Crippen LogP contribution in [0.3, 0.4) is 0 Å². The van der Waals surface area contributed by atoms with Gasteiger partial charge in [-0.05, 0) is 12.0 Å². The third kappa shape index (κ3) is 2.02. The number of rotatable bonds is 3. The predicted molar refractivity (Wildman–Crippen MR) is 70.8 cm³/mol. The molecule has 2 aromatic rings. The minimum atomic E-state index is -4.01. The van der Waals surface area contributed by atoms with Crippen LogP contribution in [-0.2, 0) is 9.84 Å². The van der Waals surface area contributed by atoms with Gasteiger partial charge in [-0.3, -0.25) is 0 Å². The lowest BCUT2D eigenvalue weighted by Gasteiger charge is -2.11. The van der Waals surface area contributed by atoms with Crippen molar-refractivity contribution >= 4 is 9.84 Å². The normalized spacial score (nSPS) is 21.9. The van der Waals surface area contributed by atoms with Crippen LogP contribution in [0.25, 0.3) is 0 Å². The number of benzene rings is 1. The number of sulfone groups is 1. The first-order valence-electron chi connectivity index (χ1n) is 6.33. The number of halogens is 1. The lowest BCUT2D eigenvalue weighted by Crippen LogP contribution is -2.10. The van der Waals surface area contributed by atoms with Crippen LogP contribution in [0.5, 0.6) is 0 Å². The van der Waals surface area contributed by atoms with Gasteiger partial charge < -0.3 is 0 Å². The van der Waals surface area contributed by atoms with Crippen molar-refractivity contribution in [2.75, 3.05) is 6.01 Å². The molecule has 106 valence electrons. The maximum atomic E-state index is 12.6. The standard InChI is InChI=1S/C13H14FN3O2S/c1-9-7-11(10-5-3-2-4-6-10)17-12(9)15-13(16-17)20(18,19)8-14/h2-6,9,11H,7-8H2,1H3/t9-,11-/m0/s1. The third-order valence-electron chi connectivity index (χ3n) is 3.56. The Morgan fingerprint density at radius 3 is 2.70 bits per heavy atom. The molecule has 3 rings (SSSR count). The van der Waals surface area contributed by atoms with E-state index in [2.05, 4.69) is 10.1 Å². The molecule has 1 aromatic heterocycles. The van der Waals surface area contributed by atoms with E-state index in [0.29, 0.717) is 5.82 Å². The van der Waals surface area contributed by atoms with Gasteiger partial charge in [0.15, 0.2) is 6.01 Å². The molecule has 20 heavy (non-hydrogen) atoms. The Balaban J connectivity index is 2.07. The molecule has 1 aliphatic rings. The fraction of sp³-hybridized carbons (Fsp3) is 0.385. The molecular formula is C13H14FN3O2S. The summed E-state index contributed by atoms with van der Waals surface area (Å²) in [6.45, 7) is 1.97. The van der Waals surface area contributed by atoms with Crippen molar-refractivity contribution in [3.8, 4) is 0 Å². The molecule has 0 aliphatic carbocycles. The van der Waals surface area contributed by atoms with E-state index in [9.17, 15) is 12.8 Å². The summed E-state index contributed by atoms with van der Waals surface area (Å²) in [7, 11) is -4.01. The Morgan fingerprint density at radius 1 is 1.35 bits per heavy atom. The van der Waals surface area contributed by atoms with Crippen LogP contribution in [0.1, 0.15) is 36.7 Å². The Morgan fingerprint density at radius 2 is 2.05 bits per heavy atom. The van der Waals surface area contributed by atoms with E-state index in [1.54, 1.807) is 4.68 Å². The monoisotopic (exact) mass is 295 g/mol. The van der Waals surface area contributed by atoms with E-state index >= 15 is 0 Å². The van der Waals surface area contributed by atoms with Crippen LogP contribution in [0.4, 0.5) is 4.39 Å².